The van der Waals surface area contributed by atoms with Gasteiger partial charge in [-0.2, -0.15) is 0 Å². The summed E-state index contributed by atoms with van der Waals surface area (Å²) in [5.74, 6) is -0.0464. The van der Waals surface area contributed by atoms with Crippen molar-refractivity contribution in [3.8, 4) is 0 Å². The van der Waals surface area contributed by atoms with Crippen LogP contribution >= 0.6 is 0 Å². The molecule has 1 fully saturated rings. The van der Waals surface area contributed by atoms with E-state index in [-0.39, 0.29) is 11.9 Å². The molecule has 1 aliphatic carbocycles. The largest absolute Gasteiger partial charge is 0.467 e. The van der Waals surface area contributed by atoms with Gasteiger partial charge in [0.15, 0.2) is 0 Å². The van der Waals surface area contributed by atoms with E-state index in [0.29, 0.717) is 25.2 Å². The highest BCUT2D eigenvalue weighted by molar-refractivity contribution is 5.88. The third-order valence-electron chi connectivity index (χ3n) is 3.26. The zero-order valence-corrected chi connectivity index (χ0v) is 11.0. The van der Waals surface area contributed by atoms with Crippen LogP contribution < -0.4 is 5.32 Å². The fraction of sp³-hybridized carbons (Fsp3) is 0.846. The molecule has 1 rings (SSSR count). The van der Waals surface area contributed by atoms with Gasteiger partial charge in [0.05, 0.1) is 7.11 Å². The molecule has 1 amide bonds. The van der Waals surface area contributed by atoms with E-state index < -0.39 is 5.54 Å². The average Bonchev–Trinajstić information content (AvgIpc) is 2.27. The molecule has 4 nitrogen and oxygen atoms in total. The maximum absolute atomic E-state index is 11.9. The molecule has 0 aliphatic heterocycles. The summed E-state index contributed by atoms with van der Waals surface area (Å²) in [4.78, 5) is 23.7. The van der Waals surface area contributed by atoms with Crippen molar-refractivity contribution in [2.75, 3.05) is 7.11 Å². The van der Waals surface area contributed by atoms with Gasteiger partial charge >= 0.3 is 5.97 Å². The molecule has 0 unspecified atom stereocenters. The van der Waals surface area contributed by atoms with Crippen LogP contribution in [0.1, 0.15) is 52.4 Å². The lowest BCUT2D eigenvalue weighted by Gasteiger charge is -2.35. The molecule has 0 spiro atoms. The first-order valence-electron chi connectivity index (χ1n) is 6.39. The van der Waals surface area contributed by atoms with Crippen molar-refractivity contribution in [1.82, 2.24) is 5.32 Å². The Balaban J connectivity index is 2.70. The quantitative estimate of drug-likeness (QED) is 0.766. The Hall–Kier alpha value is -1.06. The van der Waals surface area contributed by atoms with E-state index in [1.54, 1.807) is 0 Å². The van der Waals surface area contributed by atoms with Crippen LogP contribution in [0, 0.1) is 5.92 Å². The van der Waals surface area contributed by atoms with Gasteiger partial charge in [0, 0.05) is 6.42 Å². The highest BCUT2D eigenvalue weighted by Gasteiger charge is 2.41. The van der Waals surface area contributed by atoms with Crippen molar-refractivity contribution in [3.63, 3.8) is 0 Å². The molecular weight excluding hydrogens is 218 g/mol. The standard InChI is InChI=1S/C13H23NO3/c1-10(2)9-11(15)14-13(12(16)17-3)7-5-4-6-8-13/h10H,4-9H2,1-3H3,(H,14,15). The molecule has 1 saturated carbocycles. The van der Waals surface area contributed by atoms with Gasteiger partial charge < -0.3 is 10.1 Å². The van der Waals surface area contributed by atoms with Gasteiger partial charge in [-0.1, -0.05) is 33.1 Å². The van der Waals surface area contributed by atoms with Crippen LogP contribution in [0.5, 0.6) is 0 Å². The van der Waals surface area contributed by atoms with Crippen LogP contribution in [0.25, 0.3) is 0 Å². The number of hydrogen-bond donors (Lipinski definition) is 1. The number of carbonyl (C=O) groups excluding carboxylic acids is 2. The number of rotatable bonds is 4. The predicted octanol–water partition coefficient (Wildman–Crippen LogP) is 2.02. The average molecular weight is 241 g/mol. The van der Waals surface area contributed by atoms with E-state index in [4.69, 9.17) is 4.74 Å². The molecule has 0 radical (unpaired) electrons. The molecule has 98 valence electrons. The minimum atomic E-state index is -0.765. The fourth-order valence-corrected chi connectivity index (χ4v) is 2.42. The molecule has 0 heterocycles. The number of carbonyl (C=O) groups is 2. The zero-order valence-electron chi connectivity index (χ0n) is 11.0. The minimum absolute atomic E-state index is 0.0488. The Morgan fingerprint density at radius 2 is 1.82 bits per heavy atom. The topological polar surface area (TPSA) is 55.4 Å². The third kappa shape index (κ3) is 3.72. The first kappa shape index (κ1) is 14.0. The van der Waals surface area contributed by atoms with E-state index >= 15 is 0 Å². The molecule has 0 aromatic heterocycles. The first-order valence-corrected chi connectivity index (χ1v) is 6.39. The van der Waals surface area contributed by atoms with Crippen LogP contribution in [-0.2, 0) is 14.3 Å². The lowest BCUT2D eigenvalue weighted by molar-refractivity contribution is -0.152. The van der Waals surface area contributed by atoms with E-state index in [1.807, 2.05) is 13.8 Å². The highest BCUT2D eigenvalue weighted by Crippen LogP contribution is 2.29. The Kier molecular flexibility index (Phi) is 4.97. The van der Waals surface area contributed by atoms with Crippen molar-refractivity contribution in [1.29, 1.82) is 0 Å². The van der Waals surface area contributed by atoms with Gasteiger partial charge in [0.25, 0.3) is 0 Å². The van der Waals surface area contributed by atoms with Crippen LogP contribution in [0.4, 0.5) is 0 Å². The van der Waals surface area contributed by atoms with E-state index in [2.05, 4.69) is 5.32 Å². The molecule has 0 aromatic carbocycles. The van der Waals surface area contributed by atoms with Gasteiger partial charge in [0.1, 0.15) is 5.54 Å². The van der Waals surface area contributed by atoms with E-state index in [1.165, 1.54) is 7.11 Å². The summed E-state index contributed by atoms with van der Waals surface area (Å²) in [6.45, 7) is 3.98. The van der Waals surface area contributed by atoms with Crippen molar-refractivity contribution in [2.24, 2.45) is 5.92 Å². The number of hydrogen-bond acceptors (Lipinski definition) is 3. The normalized spacial score (nSPS) is 18.8. The molecule has 0 bridgehead atoms. The van der Waals surface area contributed by atoms with Crippen molar-refractivity contribution in [3.05, 3.63) is 0 Å². The molecular formula is C13H23NO3. The Labute approximate surface area is 103 Å². The molecule has 1 aliphatic rings. The number of ether oxygens (including phenoxy) is 1. The summed E-state index contributed by atoms with van der Waals surface area (Å²) in [5.41, 5.74) is -0.765. The van der Waals surface area contributed by atoms with Gasteiger partial charge in [-0.05, 0) is 18.8 Å². The first-order chi connectivity index (χ1) is 8.00. The Morgan fingerprint density at radius 3 is 2.29 bits per heavy atom. The maximum atomic E-state index is 11.9. The maximum Gasteiger partial charge on any atom is 0.331 e. The van der Waals surface area contributed by atoms with Crippen molar-refractivity contribution in [2.45, 2.75) is 57.9 Å². The minimum Gasteiger partial charge on any atom is -0.467 e. The van der Waals surface area contributed by atoms with Gasteiger partial charge in [-0.3, -0.25) is 4.79 Å². The van der Waals surface area contributed by atoms with E-state index in [9.17, 15) is 9.59 Å². The van der Waals surface area contributed by atoms with Gasteiger partial charge in [0.2, 0.25) is 5.91 Å². The predicted molar refractivity (Wildman–Crippen MR) is 65.4 cm³/mol. The second kappa shape index (κ2) is 6.03. The molecule has 4 heteroatoms. The second-order valence-corrected chi connectivity index (χ2v) is 5.28. The van der Waals surface area contributed by atoms with E-state index in [0.717, 1.165) is 19.3 Å². The second-order valence-electron chi connectivity index (χ2n) is 5.28. The van der Waals surface area contributed by atoms with Crippen LogP contribution in [0.2, 0.25) is 0 Å². The number of amides is 1. The molecule has 0 saturated heterocycles. The summed E-state index contributed by atoms with van der Waals surface area (Å²) in [6, 6.07) is 0. The number of esters is 1. The summed E-state index contributed by atoms with van der Waals surface area (Å²) >= 11 is 0. The highest BCUT2D eigenvalue weighted by atomic mass is 16.5. The summed E-state index contributed by atoms with van der Waals surface area (Å²) in [5, 5.41) is 2.90. The molecule has 0 aromatic rings. The van der Waals surface area contributed by atoms with Crippen LogP contribution in [0.15, 0.2) is 0 Å². The third-order valence-corrected chi connectivity index (χ3v) is 3.26. The lowest BCUT2D eigenvalue weighted by atomic mass is 9.81. The van der Waals surface area contributed by atoms with Crippen LogP contribution in [0.3, 0.4) is 0 Å². The van der Waals surface area contributed by atoms with Crippen LogP contribution in [-0.4, -0.2) is 24.5 Å². The van der Waals surface area contributed by atoms with Gasteiger partial charge in [-0.15, -0.1) is 0 Å². The van der Waals surface area contributed by atoms with Gasteiger partial charge in [-0.25, -0.2) is 4.79 Å². The fourth-order valence-electron chi connectivity index (χ4n) is 2.42. The summed E-state index contributed by atoms with van der Waals surface area (Å²) < 4.78 is 4.85. The van der Waals surface area contributed by atoms with Crippen molar-refractivity contribution < 1.29 is 14.3 Å². The summed E-state index contributed by atoms with van der Waals surface area (Å²) in [6.07, 6.45) is 4.92. The SMILES string of the molecule is COC(=O)C1(NC(=O)CC(C)C)CCCCC1. The number of methoxy groups -OCH3 is 1. The summed E-state index contributed by atoms with van der Waals surface area (Å²) in [7, 11) is 1.38. The zero-order chi connectivity index (χ0) is 12.9. The Morgan fingerprint density at radius 1 is 1.24 bits per heavy atom. The molecule has 1 N–H and O–H groups in total. The molecule has 17 heavy (non-hydrogen) atoms. The smallest absolute Gasteiger partial charge is 0.331 e. The number of nitrogens with one attached hydrogen (secondary N) is 1. The lowest BCUT2D eigenvalue weighted by Crippen LogP contribution is -2.56. The van der Waals surface area contributed by atoms with Crippen molar-refractivity contribution >= 4 is 11.9 Å². The monoisotopic (exact) mass is 241 g/mol. The Bertz CT molecular complexity index is 280. The molecule has 0 atom stereocenters.